The van der Waals surface area contributed by atoms with Crippen LogP contribution in [0.15, 0.2) is 36.9 Å². The Balaban J connectivity index is 2.19. The van der Waals surface area contributed by atoms with Gasteiger partial charge in [-0.2, -0.15) is 5.10 Å². The monoisotopic (exact) mass is 373 g/mol. The minimum Gasteiger partial charge on any atom is -0.493 e. The molecule has 2 aromatic rings. The predicted molar refractivity (Wildman–Crippen MR) is 86.9 cm³/mol. The van der Waals surface area contributed by atoms with Gasteiger partial charge in [-0.3, -0.25) is 13.6 Å². The lowest BCUT2D eigenvalue weighted by Crippen LogP contribution is -2.48. The molecule has 1 aromatic heterocycles. The standard InChI is InChI=1S/C16H18ClF2N3O3/c1-12(23)25-15(6-22-11-20-10-21-22)16(7-18,8-19)9-24-14-4-2-13(17)3-5-14/h2-5,10-11,15H,6-9H2,1H3. The molecular weight excluding hydrogens is 356 g/mol. The molecule has 1 heterocycles. The molecular formula is C16H18ClF2N3O3. The van der Waals surface area contributed by atoms with Gasteiger partial charge in [-0.05, 0) is 24.3 Å². The lowest BCUT2D eigenvalue weighted by atomic mass is 9.85. The second kappa shape index (κ2) is 8.75. The lowest BCUT2D eigenvalue weighted by molar-refractivity contribution is -0.159. The molecule has 1 atom stereocenters. The molecule has 0 aliphatic heterocycles. The summed E-state index contributed by atoms with van der Waals surface area (Å²) < 4.78 is 39.7. The Labute approximate surface area is 148 Å². The summed E-state index contributed by atoms with van der Waals surface area (Å²) in [6.07, 6.45) is 1.54. The van der Waals surface area contributed by atoms with Gasteiger partial charge >= 0.3 is 5.97 Å². The molecule has 0 N–H and O–H groups in total. The van der Waals surface area contributed by atoms with Crippen LogP contribution in [-0.4, -0.2) is 46.8 Å². The highest BCUT2D eigenvalue weighted by atomic mass is 35.5. The first kappa shape index (κ1) is 19.1. The molecule has 0 amide bonds. The predicted octanol–water partition coefficient (Wildman–Crippen LogP) is 2.87. The van der Waals surface area contributed by atoms with Crippen LogP contribution >= 0.6 is 11.6 Å². The maximum Gasteiger partial charge on any atom is 0.302 e. The first-order chi connectivity index (χ1) is 12.0. The fraction of sp³-hybridized carbons (Fsp3) is 0.438. The number of alkyl halides is 2. The van der Waals surface area contributed by atoms with Crippen molar-refractivity contribution in [1.82, 2.24) is 14.8 Å². The summed E-state index contributed by atoms with van der Waals surface area (Å²) in [5, 5.41) is 4.40. The van der Waals surface area contributed by atoms with Crippen LogP contribution in [-0.2, 0) is 16.1 Å². The van der Waals surface area contributed by atoms with Crippen LogP contribution in [0, 0.1) is 5.41 Å². The summed E-state index contributed by atoms with van der Waals surface area (Å²) in [5.74, 6) is -0.249. The van der Waals surface area contributed by atoms with E-state index in [1.807, 2.05) is 0 Å². The summed E-state index contributed by atoms with van der Waals surface area (Å²) in [4.78, 5) is 15.2. The number of benzene rings is 1. The number of hydrogen-bond acceptors (Lipinski definition) is 5. The van der Waals surface area contributed by atoms with E-state index < -0.39 is 30.8 Å². The first-order valence-electron chi connectivity index (χ1n) is 7.49. The smallest absolute Gasteiger partial charge is 0.302 e. The van der Waals surface area contributed by atoms with Crippen LogP contribution in [0.3, 0.4) is 0 Å². The number of halogens is 3. The molecule has 0 fully saturated rings. The summed E-state index contributed by atoms with van der Waals surface area (Å²) in [5.41, 5.74) is -1.67. The molecule has 0 saturated carbocycles. The topological polar surface area (TPSA) is 66.2 Å². The van der Waals surface area contributed by atoms with Gasteiger partial charge in [0, 0.05) is 11.9 Å². The number of rotatable bonds is 9. The molecule has 0 bridgehead atoms. The highest BCUT2D eigenvalue weighted by Crippen LogP contribution is 2.30. The summed E-state index contributed by atoms with van der Waals surface area (Å²) in [7, 11) is 0. The molecule has 136 valence electrons. The average Bonchev–Trinajstić information content (AvgIpc) is 3.10. The summed E-state index contributed by atoms with van der Waals surface area (Å²) in [6.45, 7) is -1.35. The highest BCUT2D eigenvalue weighted by Gasteiger charge is 2.43. The number of hydrogen-bond donors (Lipinski definition) is 0. The van der Waals surface area contributed by atoms with E-state index in [-0.39, 0.29) is 13.2 Å². The molecule has 1 aromatic carbocycles. The van der Waals surface area contributed by atoms with Crippen molar-refractivity contribution < 1.29 is 23.0 Å². The van der Waals surface area contributed by atoms with Gasteiger partial charge in [-0.1, -0.05) is 11.6 Å². The van der Waals surface area contributed by atoms with Gasteiger partial charge in [-0.25, -0.2) is 9.67 Å². The SMILES string of the molecule is CC(=O)OC(Cn1cncn1)C(CF)(CF)COc1ccc(Cl)cc1. The Kier molecular flexibility index (Phi) is 6.69. The van der Waals surface area contributed by atoms with Crippen molar-refractivity contribution in [3.05, 3.63) is 41.9 Å². The molecule has 0 radical (unpaired) electrons. The number of carbonyl (C=O) groups is 1. The van der Waals surface area contributed by atoms with Crippen LogP contribution < -0.4 is 4.74 Å². The molecule has 1 unspecified atom stereocenters. The minimum atomic E-state index is -1.67. The van der Waals surface area contributed by atoms with E-state index in [1.54, 1.807) is 24.3 Å². The van der Waals surface area contributed by atoms with E-state index in [9.17, 15) is 13.6 Å². The molecule has 0 saturated heterocycles. The maximum atomic E-state index is 13.8. The molecule has 2 rings (SSSR count). The van der Waals surface area contributed by atoms with Crippen molar-refractivity contribution in [3.63, 3.8) is 0 Å². The number of aromatic nitrogens is 3. The fourth-order valence-electron chi connectivity index (χ4n) is 2.19. The van der Waals surface area contributed by atoms with Crippen molar-refractivity contribution in [1.29, 1.82) is 0 Å². The Bertz CT molecular complexity index is 664. The largest absolute Gasteiger partial charge is 0.493 e. The lowest BCUT2D eigenvalue weighted by Gasteiger charge is -2.35. The Morgan fingerprint density at radius 2 is 2.00 bits per heavy atom. The zero-order chi connectivity index (χ0) is 18.3. The molecule has 0 aliphatic rings. The summed E-state index contributed by atoms with van der Waals surface area (Å²) >= 11 is 5.79. The molecule has 6 nitrogen and oxygen atoms in total. The van der Waals surface area contributed by atoms with Crippen LogP contribution in [0.5, 0.6) is 5.75 Å². The zero-order valence-electron chi connectivity index (χ0n) is 13.6. The van der Waals surface area contributed by atoms with Crippen molar-refractivity contribution in [2.75, 3.05) is 20.0 Å². The van der Waals surface area contributed by atoms with E-state index in [4.69, 9.17) is 21.1 Å². The second-order valence-corrected chi connectivity index (χ2v) is 6.02. The van der Waals surface area contributed by atoms with Gasteiger partial charge in [0.15, 0.2) is 0 Å². The van der Waals surface area contributed by atoms with Gasteiger partial charge in [0.05, 0.1) is 12.0 Å². The normalized spacial score (nSPS) is 12.6. The number of nitrogens with zero attached hydrogens (tertiary/aromatic N) is 3. The Morgan fingerprint density at radius 3 is 2.52 bits per heavy atom. The van der Waals surface area contributed by atoms with Gasteiger partial charge in [0.25, 0.3) is 0 Å². The van der Waals surface area contributed by atoms with Crippen LogP contribution in [0.2, 0.25) is 5.02 Å². The molecule has 25 heavy (non-hydrogen) atoms. The molecule has 9 heteroatoms. The van der Waals surface area contributed by atoms with Gasteiger partial charge in [0.2, 0.25) is 0 Å². The Morgan fingerprint density at radius 1 is 1.32 bits per heavy atom. The molecule has 0 spiro atoms. The fourth-order valence-corrected chi connectivity index (χ4v) is 2.31. The number of esters is 1. The number of carbonyl (C=O) groups excluding carboxylic acids is 1. The third-order valence-electron chi connectivity index (χ3n) is 3.68. The van der Waals surface area contributed by atoms with Crippen molar-refractivity contribution in [2.45, 2.75) is 19.6 Å². The Hall–Kier alpha value is -2.22. The van der Waals surface area contributed by atoms with E-state index in [1.165, 1.54) is 24.3 Å². The highest BCUT2D eigenvalue weighted by molar-refractivity contribution is 6.30. The van der Waals surface area contributed by atoms with Gasteiger partial charge in [-0.15, -0.1) is 0 Å². The maximum absolute atomic E-state index is 13.8. The van der Waals surface area contributed by atoms with Crippen molar-refractivity contribution in [3.8, 4) is 5.75 Å². The van der Waals surface area contributed by atoms with Crippen molar-refractivity contribution in [2.24, 2.45) is 5.41 Å². The minimum absolute atomic E-state index is 0.0442. The van der Waals surface area contributed by atoms with E-state index in [0.717, 1.165) is 0 Å². The number of ether oxygens (including phenoxy) is 2. The van der Waals surface area contributed by atoms with Crippen LogP contribution in [0.4, 0.5) is 8.78 Å². The molecule has 0 aliphatic carbocycles. The summed E-state index contributed by atoms with van der Waals surface area (Å²) in [6, 6.07) is 6.37. The van der Waals surface area contributed by atoms with E-state index in [0.29, 0.717) is 10.8 Å². The zero-order valence-corrected chi connectivity index (χ0v) is 14.3. The average molecular weight is 374 g/mol. The quantitative estimate of drug-likeness (QED) is 0.632. The van der Waals surface area contributed by atoms with E-state index in [2.05, 4.69) is 10.1 Å². The van der Waals surface area contributed by atoms with Gasteiger partial charge < -0.3 is 9.47 Å². The van der Waals surface area contributed by atoms with E-state index >= 15 is 0 Å². The third kappa shape index (κ3) is 5.12. The van der Waals surface area contributed by atoms with Crippen molar-refractivity contribution >= 4 is 17.6 Å². The first-order valence-corrected chi connectivity index (χ1v) is 7.87. The second-order valence-electron chi connectivity index (χ2n) is 5.59. The van der Waals surface area contributed by atoms with Crippen LogP contribution in [0.1, 0.15) is 6.92 Å². The third-order valence-corrected chi connectivity index (χ3v) is 3.93. The van der Waals surface area contributed by atoms with Crippen LogP contribution in [0.25, 0.3) is 0 Å². The van der Waals surface area contributed by atoms with Gasteiger partial charge in [0.1, 0.15) is 44.5 Å².